The lowest BCUT2D eigenvalue weighted by Gasteiger charge is -2.17. The SMILES string of the molecule is Cc1cccc(NC(=O)NC2CCOC2C)c1C(=O)O. The fraction of sp³-hybridized carbons (Fsp3) is 0.429. The number of carboxylic acid groups (broad SMARTS) is 1. The molecule has 20 heavy (non-hydrogen) atoms. The van der Waals surface area contributed by atoms with Crippen LogP contribution in [0.5, 0.6) is 0 Å². The summed E-state index contributed by atoms with van der Waals surface area (Å²) < 4.78 is 5.36. The summed E-state index contributed by atoms with van der Waals surface area (Å²) in [4.78, 5) is 23.2. The van der Waals surface area contributed by atoms with E-state index in [1.54, 1.807) is 25.1 Å². The van der Waals surface area contributed by atoms with E-state index in [9.17, 15) is 14.7 Å². The molecule has 0 aliphatic carbocycles. The third kappa shape index (κ3) is 3.08. The smallest absolute Gasteiger partial charge is 0.338 e. The number of carboxylic acids is 1. The first-order valence-corrected chi connectivity index (χ1v) is 6.51. The average molecular weight is 278 g/mol. The molecule has 1 aliphatic heterocycles. The summed E-state index contributed by atoms with van der Waals surface area (Å²) in [6.45, 7) is 4.21. The minimum Gasteiger partial charge on any atom is -0.478 e. The van der Waals surface area contributed by atoms with Crippen LogP contribution < -0.4 is 10.6 Å². The van der Waals surface area contributed by atoms with Crippen LogP contribution in [0.25, 0.3) is 0 Å². The zero-order valence-electron chi connectivity index (χ0n) is 11.5. The van der Waals surface area contributed by atoms with Crippen molar-refractivity contribution in [2.75, 3.05) is 11.9 Å². The molecule has 2 amide bonds. The van der Waals surface area contributed by atoms with Crippen LogP contribution in [0.4, 0.5) is 10.5 Å². The standard InChI is InChI=1S/C14H18N2O4/c1-8-4-3-5-11(12(8)13(17)18)16-14(19)15-10-6-7-20-9(10)2/h3-5,9-10H,6-7H2,1-2H3,(H,17,18)(H2,15,16,19). The Morgan fingerprint density at radius 1 is 1.40 bits per heavy atom. The van der Waals surface area contributed by atoms with Gasteiger partial charge in [-0.25, -0.2) is 9.59 Å². The number of anilines is 1. The third-order valence-electron chi connectivity index (χ3n) is 3.43. The first-order valence-electron chi connectivity index (χ1n) is 6.51. The first-order chi connectivity index (χ1) is 9.49. The maximum atomic E-state index is 11.9. The Morgan fingerprint density at radius 3 is 2.75 bits per heavy atom. The molecule has 108 valence electrons. The molecule has 1 aromatic rings. The van der Waals surface area contributed by atoms with Crippen molar-refractivity contribution >= 4 is 17.7 Å². The summed E-state index contributed by atoms with van der Waals surface area (Å²) in [7, 11) is 0. The van der Waals surface area contributed by atoms with Gasteiger partial charge in [0.25, 0.3) is 0 Å². The van der Waals surface area contributed by atoms with Gasteiger partial charge in [-0.3, -0.25) is 0 Å². The van der Waals surface area contributed by atoms with Crippen LogP contribution in [0.1, 0.15) is 29.3 Å². The lowest BCUT2D eigenvalue weighted by atomic mass is 10.1. The minimum absolute atomic E-state index is 0.0304. The number of hydrogen-bond acceptors (Lipinski definition) is 3. The lowest BCUT2D eigenvalue weighted by molar-refractivity contribution is 0.0697. The number of hydrogen-bond donors (Lipinski definition) is 3. The summed E-state index contributed by atoms with van der Waals surface area (Å²) in [5.41, 5.74) is 1.01. The Kier molecular flexibility index (Phi) is 4.24. The molecule has 0 saturated carbocycles. The maximum absolute atomic E-state index is 11.9. The second kappa shape index (κ2) is 5.92. The molecule has 6 nitrogen and oxygen atoms in total. The molecule has 1 heterocycles. The molecule has 0 radical (unpaired) electrons. The van der Waals surface area contributed by atoms with Crippen LogP contribution in [0.15, 0.2) is 18.2 Å². The molecule has 0 spiro atoms. The Labute approximate surface area is 117 Å². The van der Waals surface area contributed by atoms with E-state index >= 15 is 0 Å². The molecule has 0 bridgehead atoms. The fourth-order valence-corrected chi connectivity index (χ4v) is 2.30. The number of carbonyl (C=O) groups excluding carboxylic acids is 1. The van der Waals surface area contributed by atoms with E-state index in [1.165, 1.54) is 0 Å². The quantitative estimate of drug-likeness (QED) is 0.789. The predicted octanol–water partition coefficient (Wildman–Crippen LogP) is 1.99. The number of aryl methyl sites for hydroxylation is 1. The summed E-state index contributed by atoms with van der Waals surface area (Å²) in [5, 5.41) is 14.6. The van der Waals surface area contributed by atoms with E-state index in [4.69, 9.17) is 4.74 Å². The molecule has 2 atom stereocenters. The van der Waals surface area contributed by atoms with Gasteiger partial charge in [0.1, 0.15) is 0 Å². The summed E-state index contributed by atoms with van der Waals surface area (Å²) in [6, 6.07) is 4.51. The van der Waals surface area contributed by atoms with Crippen molar-refractivity contribution in [3.05, 3.63) is 29.3 Å². The average Bonchev–Trinajstić information content (AvgIpc) is 2.74. The zero-order valence-corrected chi connectivity index (χ0v) is 11.5. The first kappa shape index (κ1) is 14.3. The molecule has 0 aromatic heterocycles. The van der Waals surface area contributed by atoms with Gasteiger partial charge < -0.3 is 20.5 Å². The van der Waals surface area contributed by atoms with Crippen molar-refractivity contribution in [3.8, 4) is 0 Å². The van der Waals surface area contributed by atoms with E-state index in [-0.39, 0.29) is 17.7 Å². The van der Waals surface area contributed by atoms with Gasteiger partial charge in [-0.15, -0.1) is 0 Å². The summed E-state index contributed by atoms with van der Waals surface area (Å²) in [5.74, 6) is -1.06. The minimum atomic E-state index is -1.06. The molecule has 1 saturated heterocycles. The van der Waals surface area contributed by atoms with Crippen molar-refractivity contribution in [3.63, 3.8) is 0 Å². The fourth-order valence-electron chi connectivity index (χ4n) is 2.30. The molecular formula is C14H18N2O4. The van der Waals surface area contributed by atoms with Crippen LogP contribution in [-0.4, -0.2) is 35.9 Å². The second-order valence-corrected chi connectivity index (χ2v) is 4.87. The van der Waals surface area contributed by atoms with Crippen molar-refractivity contribution in [2.45, 2.75) is 32.4 Å². The Hall–Kier alpha value is -2.08. The number of benzene rings is 1. The number of nitrogens with one attached hydrogen (secondary N) is 2. The predicted molar refractivity (Wildman–Crippen MR) is 74.1 cm³/mol. The molecule has 3 N–H and O–H groups in total. The van der Waals surface area contributed by atoms with Crippen LogP contribution in [-0.2, 0) is 4.74 Å². The number of carbonyl (C=O) groups is 2. The number of amides is 2. The van der Waals surface area contributed by atoms with Crippen LogP contribution in [0.3, 0.4) is 0 Å². The van der Waals surface area contributed by atoms with Gasteiger partial charge in [0, 0.05) is 6.61 Å². The normalized spacial score (nSPS) is 21.5. The Bertz CT molecular complexity index is 530. The maximum Gasteiger partial charge on any atom is 0.338 e. The van der Waals surface area contributed by atoms with Crippen LogP contribution in [0, 0.1) is 6.92 Å². The molecule has 1 aliphatic rings. The van der Waals surface area contributed by atoms with Gasteiger partial charge in [0.2, 0.25) is 0 Å². The summed E-state index contributed by atoms with van der Waals surface area (Å²) in [6.07, 6.45) is 0.728. The number of rotatable bonds is 3. The van der Waals surface area contributed by atoms with E-state index in [0.29, 0.717) is 17.9 Å². The van der Waals surface area contributed by atoms with Crippen LogP contribution in [0.2, 0.25) is 0 Å². The van der Waals surface area contributed by atoms with Gasteiger partial charge in [-0.1, -0.05) is 12.1 Å². The van der Waals surface area contributed by atoms with Gasteiger partial charge in [-0.05, 0) is 31.9 Å². The largest absolute Gasteiger partial charge is 0.478 e. The van der Waals surface area contributed by atoms with Gasteiger partial charge in [0.05, 0.1) is 23.4 Å². The number of aromatic carboxylic acids is 1. The third-order valence-corrected chi connectivity index (χ3v) is 3.43. The molecule has 1 fully saturated rings. The van der Waals surface area contributed by atoms with Crippen molar-refractivity contribution in [1.82, 2.24) is 5.32 Å². The monoisotopic (exact) mass is 278 g/mol. The molecule has 1 aromatic carbocycles. The molecule has 2 unspecified atom stereocenters. The van der Waals surface area contributed by atoms with E-state index in [1.807, 2.05) is 6.92 Å². The zero-order chi connectivity index (χ0) is 14.7. The Balaban J connectivity index is 2.08. The number of urea groups is 1. The molecule has 6 heteroatoms. The van der Waals surface area contributed by atoms with E-state index in [2.05, 4.69) is 10.6 Å². The van der Waals surface area contributed by atoms with Crippen molar-refractivity contribution in [1.29, 1.82) is 0 Å². The van der Waals surface area contributed by atoms with Crippen molar-refractivity contribution < 1.29 is 19.4 Å². The van der Waals surface area contributed by atoms with Gasteiger partial charge >= 0.3 is 12.0 Å². The highest BCUT2D eigenvalue weighted by Crippen LogP contribution is 2.20. The van der Waals surface area contributed by atoms with Gasteiger partial charge in [0.15, 0.2) is 0 Å². The molecule has 2 rings (SSSR count). The highest BCUT2D eigenvalue weighted by molar-refractivity contribution is 6.01. The van der Waals surface area contributed by atoms with Gasteiger partial charge in [-0.2, -0.15) is 0 Å². The molecular weight excluding hydrogens is 260 g/mol. The summed E-state index contributed by atoms with van der Waals surface area (Å²) >= 11 is 0. The van der Waals surface area contributed by atoms with Crippen molar-refractivity contribution in [2.24, 2.45) is 0 Å². The topological polar surface area (TPSA) is 87.7 Å². The number of ether oxygens (including phenoxy) is 1. The van der Waals surface area contributed by atoms with Crippen LogP contribution >= 0.6 is 0 Å². The van der Waals surface area contributed by atoms with E-state index in [0.717, 1.165) is 6.42 Å². The highest BCUT2D eigenvalue weighted by atomic mass is 16.5. The Morgan fingerprint density at radius 2 is 2.15 bits per heavy atom. The highest BCUT2D eigenvalue weighted by Gasteiger charge is 2.26. The lowest BCUT2D eigenvalue weighted by Crippen LogP contribution is -2.41. The van der Waals surface area contributed by atoms with E-state index < -0.39 is 12.0 Å². The second-order valence-electron chi connectivity index (χ2n) is 4.87.